The van der Waals surface area contributed by atoms with E-state index in [1.54, 1.807) is 13.2 Å². The summed E-state index contributed by atoms with van der Waals surface area (Å²) in [6.07, 6.45) is 0.542. The van der Waals surface area contributed by atoms with Crippen LogP contribution >= 0.6 is 0 Å². The molecule has 100 valence electrons. The van der Waals surface area contributed by atoms with Gasteiger partial charge < -0.3 is 14.6 Å². The molecule has 4 nitrogen and oxygen atoms in total. The largest absolute Gasteiger partial charge is 0.504 e. The van der Waals surface area contributed by atoms with E-state index in [9.17, 15) is 5.11 Å². The molecule has 1 saturated heterocycles. The molecule has 0 radical (unpaired) electrons. The first kappa shape index (κ1) is 13.2. The molecule has 2 atom stereocenters. The lowest BCUT2D eigenvalue weighted by molar-refractivity contribution is -0.0705. The van der Waals surface area contributed by atoms with Crippen LogP contribution < -0.4 is 4.74 Å². The minimum Gasteiger partial charge on any atom is -0.504 e. The van der Waals surface area contributed by atoms with Crippen molar-refractivity contribution in [3.8, 4) is 11.5 Å². The average molecular weight is 251 g/mol. The third kappa shape index (κ3) is 3.15. The van der Waals surface area contributed by atoms with Crippen LogP contribution in [0.3, 0.4) is 0 Å². The first-order valence-corrected chi connectivity index (χ1v) is 6.32. The summed E-state index contributed by atoms with van der Waals surface area (Å²) in [7, 11) is 1.57. The number of morpholine rings is 1. The molecule has 1 aliphatic heterocycles. The van der Waals surface area contributed by atoms with Crippen LogP contribution in [0.2, 0.25) is 0 Å². The summed E-state index contributed by atoms with van der Waals surface area (Å²) >= 11 is 0. The van der Waals surface area contributed by atoms with Gasteiger partial charge in [-0.05, 0) is 31.5 Å². The maximum atomic E-state index is 9.57. The fraction of sp³-hybridized carbons (Fsp3) is 0.571. The lowest BCUT2D eigenvalue weighted by atomic mass is 10.1. The maximum Gasteiger partial charge on any atom is 0.160 e. The highest BCUT2D eigenvalue weighted by Gasteiger charge is 2.22. The van der Waals surface area contributed by atoms with Gasteiger partial charge in [-0.2, -0.15) is 0 Å². The Kier molecular flexibility index (Phi) is 4.09. The van der Waals surface area contributed by atoms with Crippen LogP contribution in [0.4, 0.5) is 0 Å². The molecule has 0 saturated carbocycles. The monoisotopic (exact) mass is 251 g/mol. The fourth-order valence-corrected chi connectivity index (χ4v) is 2.49. The van der Waals surface area contributed by atoms with Crippen LogP contribution in [-0.4, -0.2) is 42.4 Å². The molecule has 0 aliphatic carbocycles. The van der Waals surface area contributed by atoms with E-state index in [-0.39, 0.29) is 18.0 Å². The smallest absolute Gasteiger partial charge is 0.160 e. The number of hydrogen-bond donors (Lipinski definition) is 1. The van der Waals surface area contributed by atoms with Gasteiger partial charge in [-0.3, -0.25) is 4.90 Å². The predicted molar refractivity (Wildman–Crippen MR) is 69.9 cm³/mol. The Labute approximate surface area is 108 Å². The van der Waals surface area contributed by atoms with Gasteiger partial charge in [0, 0.05) is 19.6 Å². The van der Waals surface area contributed by atoms with Crippen LogP contribution in [-0.2, 0) is 11.3 Å². The predicted octanol–water partition coefficient (Wildman–Crippen LogP) is 2.01. The number of hydrogen-bond acceptors (Lipinski definition) is 4. The third-order valence-corrected chi connectivity index (χ3v) is 3.15. The van der Waals surface area contributed by atoms with Crippen molar-refractivity contribution < 1.29 is 14.6 Å². The van der Waals surface area contributed by atoms with Gasteiger partial charge in [0.1, 0.15) is 0 Å². The van der Waals surface area contributed by atoms with E-state index in [0.29, 0.717) is 5.75 Å². The van der Waals surface area contributed by atoms with Crippen LogP contribution in [0.5, 0.6) is 11.5 Å². The number of aromatic hydroxyl groups is 1. The molecule has 1 aromatic rings. The molecule has 18 heavy (non-hydrogen) atoms. The summed E-state index contributed by atoms with van der Waals surface area (Å²) in [5.41, 5.74) is 1.14. The number of nitrogens with zero attached hydrogens (tertiary/aromatic N) is 1. The molecule has 1 aliphatic rings. The molecule has 0 spiro atoms. The molecule has 2 rings (SSSR count). The standard InChI is InChI=1S/C14H21NO3/c1-10-7-15(8-11(2)18-10)9-12-4-5-13(16)14(6-12)17-3/h4-6,10-11,16H,7-9H2,1-3H3. The molecule has 2 unspecified atom stereocenters. The summed E-state index contributed by atoms with van der Waals surface area (Å²) in [5, 5.41) is 9.57. The highest BCUT2D eigenvalue weighted by molar-refractivity contribution is 5.41. The molecule has 1 N–H and O–H groups in total. The van der Waals surface area contributed by atoms with Gasteiger partial charge in [0.15, 0.2) is 11.5 Å². The van der Waals surface area contributed by atoms with Crippen molar-refractivity contribution in [1.29, 1.82) is 0 Å². The Bertz CT molecular complexity index is 398. The molecule has 1 aromatic carbocycles. The zero-order valence-electron chi connectivity index (χ0n) is 11.2. The Morgan fingerprint density at radius 2 is 2.00 bits per heavy atom. The van der Waals surface area contributed by atoms with Crippen molar-refractivity contribution in [1.82, 2.24) is 4.90 Å². The van der Waals surface area contributed by atoms with Crippen molar-refractivity contribution in [3.05, 3.63) is 23.8 Å². The van der Waals surface area contributed by atoms with E-state index < -0.39 is 0 Å². The van der Waals surface area contributed by atoms with Gasteiger partial charge in [-0.25, -0.2) is 0 Å². The summed E-state index contributed by atoms with van der Waals surface area (Å²) in [4.78, 5) is 2.37. The molecular formula is C14H21NO3. The van der Waals surface area contributed by atoms with Gasteiger partial charge in [-0.15, -0.1) is 0 Å². The second kappa shape index (κ2) is 5.59. The average Bonchev–Trinajstić information content (AvgIpc) is 2.30. The Hall–Kier alpha value is -1.26. The molecule has 4 heteroatoms. The number of methoxy groups -OCH3 is 1. The Morgan fingerprint density at radius 1 is 1.33 bits per heavy atom. The number of phenolic OH excluding ortho intramolecular Hbond substituents is 1. The second-order valence-electron chi connectivity index (χ2n) is 4.96. The van der Waals surface area contributed by atoms with E-state index in [0.717, 1.165) is 25.2 Å². The van der Waals surface area contributed by atoms with Gasteiger partial charge >= 0.3 is 0 Å². The number of rotatable bonds is 3. The van der Waals surface area contributed by atoms with E-state index in [1.807, 2.05) is 12.1 Å². The molecule has 1 fully saturated rings. The summed E-state index contributed by atoms with van der Waals surface area (Å²) in [5.74, 6) is 0.715. The Morgan fingerprint density at radius 3 is 2.61 bits per heavy atom. The number of ether oxygens (including phenoxy) is 2. The van der Waals surface area contributed by atoms with Crippen molar-refractivity contribution in [2.75, 3.05) is 20.2 Å². The van der Waals surface area contributed by atoms with Crippen molar-refractivity contribution >= 4 is 0 Å². The zero-order valence-corrected chi connectivity index (χ0v) is 11.2. The quantitative estimate of drug-likeness (QED) is 0.892. The fourth-order valence-electron chi connectivity index (χ4n) is 2.49. The van der Waals surface area contributed by atoms with E-state index in [1.165, 1.54) is 0 Å². The van der Waals surface area contributed by atoms with Crippen LogP contribution in [0.15, 0.2) is 18.2 Å². The normalized spacial score (nSPS) is 25.1. The Balaban J connectivity index is 2.04. The van der Waals surface area contributed by atoms with E-state index >= 15 is 0 Å². The van der Waals surface area contributed by atoms with Crippen LogP contribution in [0.1, 0.15) is 19.4 Å². The minimum absolute atomic E-state index is 0.185. The first-order chi connectivity index (χ1) is 8.58. The van der Waals surface area contributed by atoms with Gasteiger partial charge in [0.05, 0.1) is 19.3 Å². The SMILES string of the molecule is COc1cc(CN2CC(C)OC(C)C2)ccc1O. The molecule has 0 aromatic heterocycles. The van der Waals surface area contributed by atoms with Gasteiger partial charge in [0.25, 0.3) is 0 Å². The maximum absolute atomic E-state index is 9.57. The third-order valence-electron chi connectivity index (χ3n) is 3.15. The van der Waals surface area contributed by atoms with Crippen LogP contribution in [0.25, 0.3) is 0 Å². The lowest BCUT2D eigenvalue weighted by Crippen LogP contribution is -2.44. The second-order valence-corrected chi connectivity index (χ2v) is 4.96. The molecular weight excluding hydrogens is 230 g/mol. The van der Waals surface area contributed by atoms with E-state index in [2.05, 4.69) is 18.7 Å². The topological polar surface area (TPSA) is 41.9 Å². The molecule has 1 heterocycles. The number of benzene rings is 1. The highest BCUT2D eigenvalue weighted by Crippen LogP contribution is 2.27. The van der Waals surface area contributed by atoms with Gasteiger partial charge in [-0.1, -0.05) is 6.07 Å². The van der Waals surface area contributed by atoms with Crippen molar-refractivity contribution in [2.24, 2.45) is 0 Å². The summed E-state index contributed by atoms with van der Waals surface area (Å²) < 4.78 is 10.8. The first-order valence-electron chi connectivity index (χ1n) is 6.32. The van der Waals surface area contributed by atoms with E-state index in [4.69, 9.17) is 9.47 Å². The van der Waals surface area contributed by atoms with Crippen LogP contribution in [0, 0.1) is 0 Å². The molecule has 0 bridgehead atoms. The highest BCUT2D eigenvalue weighted by atomic mass is 16.5. The molecule has 0 amide bonds. The van der Waals surface area contributed by atoms with Crippen molar-refractivity contribution in [3.63, 3.8) is 0 Å². The number of phenols is 1. The van der Waals surface area contributed by atoms with Crippen molar-refractivity contribution in [2.45, 2.75) is 32.6 Å². The minimum atomic E-state index is 0.185. The van der Waals surface area contributed by atoms with Gasteiger partial charge in [0.2, 0.25) is 0 Å². The summed E-state index contributed by atoms with van der Waals surface area (Å²) in [6, 6.07) is 5.50. The summed E-state index contributed by atoms with van der Waals surface area (Å²) in [6.45, 7) is 6.93. The zero-order chi connectivity index (χ0) is 13.1. The lowest BCUT2D eigenvalue weighted by Gasteiger charge is -2.35.